The van der Waals surface area contributed by atoms with Gasteiger partial charge in [-0.25, -0.2) is 0 Å². The van der Waals surface area contributed by atoms with Gasteiger partial charge in [-0.3, -0.25) is 4.79 Å². The van der Waals surface area contributed by atoms with Crippen molar-refractivity contribution in [2.24, 2.45) is 0 Å². The molecule has 0 bridgehead atoms. The number of nitrogens with zero attached hydrogens (tertiary/aromatic N) is 1. The van der Waals surface area contributed by atoms with Gasteiger partial charge in [0, 0.05) is 22.1 Å². The lowest BCUT2D eigenvalue weighted by Gasteiger charge is -2.15. The Balaban J connectivity index is 1.27. The maximum absolute atomic E-state index is 12.0. The van der Waals surface area contributed by atoms with Crippen LogP contribution in [-0.2, 0) is 21.4 Å². The predicted molar refractivity (Wildman–Crippen MR) is 150 cm³/mol. The maximum Gasteiger partial charge on any atom is 0.306 e. The van der Waals surface area contributed by atoms with Crippen LogP contribution in [0, 0.1) is 6.92 Å². The van der Waals surface area contributed by atoms with E-state index in [9.17, 15) is 9.90 Å². The number of carbonyl (C=O) groups is 1. The molecule has 0 radical (unpaired) electrons. The van der Waals surface area contributed by atoms with Crippen molar-refractivity contribution in [3.63, 3.8) is 0 Å². The summed E-state index contributed by atoms with van der Waals surface area (Å²) in [5, 5.41) is 14.6. The Hall–Kier alpha value is -4.12. The molecular weight excluding hydrogens is 474 g/mol. The number of aryl methyl sites for hydroxylation is 1. The molecule has 38 heavy (non-hydrogen) atoms. The topological polar surface area (TPSA) is 72.6 Å². The summed E-state index contributed by atoms with van der Waals surface area (Å²) in [5.74, 6) is 0.937. The first-order valence-electron chi connectivity index (χ1n) is 13.3. The number of aliphatic hydroxyl groups is 1. The van der Waals surface area contributed by atoms with Crippen LogP contribution in [0.5, 0.6) is 0 Å². The first-order chi connectivity index (χ1) is 18.5. The van der Waals surface area contributed by atoms with E-state index < -0.39 is 0 Å². The van der Waals surface area contributed by atoms with E-state index in [0.29, 0.717) is 19.4 Å². The minimum atomic E-state index is -0.115. The molecule has 0 amide bonds. The molecule has 1 N–H and O–H groups in total. The third kappa shape index (κ3) is 5.57. The molecule has 1 heterocycles. The zero-order valence-corrected chi connectivity index (χ0v) is 21.9. The van der Waals surface area contributed by atoms with E-state index in [-0.39, 0.29) is 17.1 Å². The smallest absolute Gasteiger partial charge is 0.306 e. The normalized spacial score (nSPS) is 14.3. The third-order valence-electron chi connectivity index (χ3n) is 7.41. The van der Waals surface area contributed by atoms with Gasteiger partial charge in [-0.15, -0.1) is 0 Å². The highest BCUT2D eigenvalue weighted by Gasteiger charge is 2.46. The Morgan fingerprint density at radius 1 is 0.974 bits per heavy atom. The fourth-order valence-electron chi connectivity index (χ4n) is 5.03. The molecule has 1 aliphatic carbocycles. The van der Waals surface area contributed by atoms with E-state index in [0.717, 1.165) is 58.5 Å². The van der Waals surface area contributed by atoms with E-state index in [2.05, 4.69) is 53.7 Å². The number of hydrogen-bond donors (Lipinski definition) is 1. The van der Waals surface area contributed by atoms with Crippen LogP contribution in [0.25, 0.3) is 28.2 Å². The second-order valence-electron chi connectivity index (χ2n) is 9.99. The Labute approximate surface area is 223 Å². The van der Waals surface area contributed by atoms with Crippen molar-refractivity contribution in [3.8, 4) is 22.5 Å². The second kappa shape index (κ2) is 11.1. The van der Waals surface area contributed by atoms with Crippen LogP contribution >= 0.6 is 0 Å². The molecule has 194 valence electrons. The largest absolute Gasteiger partial charge is 0.508 e. The van der Waals surface area contributed by atoms with Gasteiger partial charge in [-0.1, -0.05) is 84.0 Å². The Kier molecular flexibility index (Phi) is 7.45. The van der Waals surface area contributed by atoms with Crippen molar-refractivity contribution in [2.75, 3.05) is 6.61 Å². The first-order valence-corrected chi connectivity index (χ1v) is 13.3. The molecule has 0 aliphatic heterocycles. The fourth-order valence-corrected chi connectivity index (χ4v) is 5.03. The summed E-state index contributed by atoms with van der Waals surface area (Å²) in [6, 6.07) is 26.4. The van der Waals surface area contributed by atoms with Gasteiger partial charge in [0.15, 0.2) is 5.76 Å². The molecule has 3 aromatic carbocycles. The van der Waals surface area contributed by atoms with Crippen LogP contribution in [0.15, 0.2) is 89.5 Å². The van der Waals surface area contributed by atoms with E-state index in [1.54, 1.807) is 0 Å². The molecule has 5 heteroatoms. The van der Waals surface area contributed by atoms with E-state index in [1.807, 2.05) is 50.3 Å². The van der Waals surface area contributed by atoms with Gasteiger partial charge in [-0.05, 0) is 62.3 Å². The molecule has 0 spiro atoms. The van der Waals surface area contributed by atoms with Gasteiger partial charge in [0.05, 0.1) is 18.7 Å². The van der Waals surface area contributed by atoms with Crippen molar-refractivity contribution in [1.82, 2.24) is 5.16 Å². The molecule has 1 aliphatic rings. The van der Waals surface area contributed by atoms with Gasteiger partial charge in [0.2, 0.25) is 0 Å². The van der Waals surface area contributed by atoms with Crippen LogP contribution in [0.1, 0.15) is 55.0 Å². The number of carbonyl (C=O) groups excluding carboxylic acids is 1. The predicted octanol–water partition coefficient (Wildman–Crippen LogP) is 7.83. The third-order valence-corrected chi connectivity index (χ3v) is 7.41. The number of allylic oxidation sites excluding steroid dienone is 1. The number of esters is 1. The Bertz CT molecular complexity index is 1410. The lowest BCUT2D eigenvalue weighted by molar-refractivity contribution is -0.143. The Morgan fingerprint density at radius 3 is 2.24 bits per heavy atom. The van der Waals surface area contributed by atoms with Crippen molar-refractivity contribution >= 4 is 11.7 Å². The quantitative estimate of drug-likeness (QED) is 0.175. The number of benzene rings is 3. The van der Waals surface area contributed by atoms with E-state index in [4.69, 9.17) is 9.26 Å². The zero-order chi connectivity index (χ0) is 26.5. The number of rotatable bonds is 10. The monoisotopic (exact) mass is 507 g/mol. The molecule has 1 saturated carbocycles. The highest BCUT2D eigenvalue weighted by molar-refractivity contribution is 5.73. The lowest BCUT2D eigenvalue weighted by Crippen LogP contribution is -2.15. The van der Waals surface area contributed by atoms with E-state index in [1.165, 1.54) is 5.56 Å². The summed E-state index contributed by atoms with van der Waals surface area (Å²) < 4.78 is 10.9. The zero-order valence-electron chi connectivity index (χ0n) is 21.9. The van der Waals surface area contributed by atoms with Gasteiger partial charge in [-0.2, -0.15) is 0 Å². The lowest BCUT2D eigenvalue weighted by atomic mass is 9.90. The summed E-state index contributed by atoms with van der Waals surface area (Å²) in [6.07, 6.45) is 5.75. The van der Waals surface area contributed by atoms with Crippen LogP contribution in [0.4, 0.5) is 0 Å². The minimum Gasteiger partial charge on any atom is -0.508 e. The molecule has 0 unspecified atom stereocenters. The summed E-state index contributed by atoms with van der Waals surface area (Å²) in [4.78, 5) is 12.0. The standard InChI is InChI=1S/C33H33NO4/c1-3-37-31(36)22-33(20-21-33)28-18-16-25(17-19-28)24-12-14-27(15-13-24)32-29(23(2)34-38-32)10-7-11-30(35)26-8-5-4-6-9-26/h4-6,8-9,11-19,35H,3,7,10,20-22H2,1-2H3/b30-11-. The van der Waals surface area contributed by atoms with Crippen LogP contribution in [0.2, 0.25) is 0 Å². The number of aromatic nitrogens is 1. The van der Waals surface area contributed by atoms with Crippen molar-refractivity contribution < 1.29 is 19.2 Å². The van der Waals surface area contributed by atoms with Crippen LogP contribution in [-0.4, -0.2) is 22.8 Å². The van der Waals surface area contributed by atoms with Gasteiger partial charge >= 0.3 is 5.97 Å². The number of aliphatic hydroxyl groups excluding tert-OH is 1. The maximum atomic E-state index is 12.0. The minimum absolute atomic E-state index is 0.0533. The molecule has 1 fully saturated rings. The highest BCUT2D eigenvalue weighted by atomic mass is 16.5. The molecule has 5 nitrogen and oxygen atoms in total. The molecule has 4 aromatic rings. The summed E-state index contributed by atoms with van der Waals surface area (Å²) in [5.41, 5.74) is 7.10. The SMILES string of the molecule is CCOC(=O)CC1(c2ccc(-c3ccc(-c4onc(C)c4CC/C=C(\O)c4ccccc4)cc3)cc2)CC1. The molecule has 5 rings (SSSR count). The molecule has 0 saturated heterocycles. The first kappa shape index (κ1) is 25.5. The van der Waals surface area contributed by atoms with Crippen molar-refractivity contribution in [1.29, 1.82) is 0 Å². The van der Waals surface area contributed by atoms with Gasteiger partial charge < -0.3 is 14.4 Å². The van der Waals surface area contributed by atoms with E-state index >= 15 is 0 Å². The van der Waals surface area contributed by atoms with Crippen LogP contribution < -0.4 is 0 Å². The average molecular weight is 508 g/mol. The summed E-state index contributed by atoms with van der Waals surface area (Å²) in [7, 11) is 0. The average Bonchev–Trinajstić information content (AvgIpc) is 3.64. The second-order valence-corrected chi connectivity index (χ2v) is 9.99. The van der Waals surface area contributed by atoms with Crippen LogP contribution in [0.3, 0.4) is 0 Å². The van der Waals surface area contributed by atoms with Gasteiger partial charge in [0.25, 0.3) is 0 Å². The number of ether oxygens (including phenoxy) is 1. The highest BCUT2D eigenvalue weighted by Crippen LogP contribution is 2.51. The van der Waals surface area contributed by atoms with Gasteiger partial charge in [0.1, 0.15) is 5.76 Å². The number of hydrogen-bond acceptors (Lipinski definition) is 5. The molecule has 0 atom stereocenters. The molecular formula is C33H33NO4. The van der Waals surface area contributed by atoms with Crippen molar-refractivity contribution in [3.05, 3.63) is 107 Å². The molecule has 1 aromatic heterocycles. The summed E-state index contributed by atoms with van der Waals surface area (Å²) in [6.45, 7) is 4.22. The summed E-state index contributed by atoms with van der Waals surface area (Å²) >= 11 is 0. The Morgan fingerprint density at radius 2 is 1.61 bits per heavy atom. The van der Waals surface area contributed by atoms with Crippen molar-refractivity contribution in [2.45, 2.75) is 51.4 Å². The fraction of sp³-hybridized carbons (Fsp3) is 0.273.